The lowest BCUT2D eigenvalue weighted by molar-refractivity contribution is 0.102. The highest BCUT2D eigenvalue weighted by atomic mass is 32.1. The molecule has 1 aliphatic rings. The minimum Gasteiger partial charge on any atom is -0.496 e. The van der Waals surface area contributed by atoms with Gasteiger partial charge in [0.2, 0.25) is 0 Å². The first-order valence-electron chi connectivity index (χ1n) is 7.61. The van der Waals surface area contributed by atoms with E-state index < -0.39 is 0 Å². The molecule has 2 aromatic rings. The molecule has 0 atom stereocenters. The van der Waals surface area contributed by atoms with E-state index >= 15 is 0 Å². The van der Waals surface area contributed by atoms with Gasteiger partial charge >= 0.3 is 0 Å². The van der Waals surface area contributed by atoms with E-state index in [4.69, 9.17) is 4.74 Å². The second kappa shape index (κ2) is 6.63. The third kappa shape index (κ3) is 3.57. The fraction of sp³-hybridized carbons (Fsp3) is 0.389. The number of para-hydroxylation sites is 1. The average molecular weight is 315 g/mol. The number of carbonyl (C=O) groups is 1. The Labute approximate surface area is 135 Å². The first-order valence-corrected chi connectivity index (χ1v) is 8.49. The summed E-state index contributed by atoms with van der Waals surface area (Å²) in [5.74, 6) is 1.10. The molecule has 0 bridgehead atoms. The van der Waals surface area contributed by atoms with Crippen LogP contribution in [0, 0.1) is 0 Å². The van der Waals surface area contributed by atoms with E-state index in [1.165, 1.54) is 24.0 Å². The van der Waals surface area contributed by atoms with Crippen molar-refractivity contribution in [2.24, 2.45) is 0 Å². The Morgan fingerprint density at radius 1 is 1.32 bits per heavy atom. The fourth-order valence-corrected chi connectivity index (χ4v) is 3.49. The Morgan fingerprint density at radius 3 is 2.73 bits per heavy atom. The maximum Gasteiger partial charge on any atom is 0.169 e. The number of rotatable bonds is 7. The number of hydrogen-bond donors (Lipinski definition) is 0. The lowest BCUT2D eigenvalue weighted by Crippen LogP contribution is -2.25. The molecular formula is C18H21NO2S. The first kappa shape index (κ1) is 15.3. The van der Waals surface area contributed by atoms with E-state index in [2.05, 4.69) is 22.4 Å². The van der Waals surface area contributed by atoms with E-state index in [1.807, 2.05) is 18.2 Å². The maximum absolute atomic E-state index is 11.4. The normalized spacial score (nSPS) is 14.3. The van der Waals surface area contributed by atoms with Crippen LogP contribution in [0.25, 0.3) is 0 Å². The molecule has 1 saturated carbocycles. The van der Waals surface area contributed by atoms with Crippen LogP contribution in [0.15, 0.2) is 35.7 Å². The van der Waals surface area contributed by atoms with Gasteiger partial charge in [-0.1, -0.05) is 18.2 Å². The summed E-state index contributed by atoms with van der Waals surface area (Å²) in [6.07, 6.45) is 2.53. The van der Waals surface area contributed by atoms with Gasteiger partial charge in [-0.15, -0.1) is 11.3 Å². The minimum absolute atomic E-state index is 0.152. The minimum atomic E-state index is 0.152. The average Bonchev–Trinajstić information content (AvgIpc) is 3.26. The summed E-state index contributed by atoms with van der Waals surface area (Å²) in [6, 6.07) is 10.9. The summed E-state index contributed by atoms with van der Waals surface area (Å²) in [4.78, 5) is 14.8. The highest BCUT2D eigenvalue weighted by Gasteiger charge is 2.29. The van der Waals surface area contributed by atoms with Gasteiger partial charge in [-0.2, -0.15) is 0 Å². The molecule has 1 fully saturated rings. The van der Waals surface area contributed by atoms with Gasteiger partial charge in [-0.3, -0.25) is 9.69 Å². The lowest BCUT2D eigenvalue weighted by atomic mass is 10.1. The second-order valence-corrected chi connectivity index (χ2v) is 6.73. The Bertz CT molecular complexity index is 661. The summed E-state index contributed by atoms with van der Waals surface area (Å²) in [6.45, 7) is 3.41. The van der Waals surface area contributed by atoms with Gasteiger partial charge in [-0.25, -0.2) is 0 Å². The van der Waals surface area contributed by atoms with Crippen molar-refractivity contribution >= 4 is 17.1 Å². The van der Waals surface area contributed by atoms with Crippen molar-refractivity contribution in [1.29, 1.82) is 0 Å². The Morgan fingerprint density at radius 2 is 2.09 bits per heavy atom. The number of nitrogens with zero attached hydrogens (tertiary/aromatic N) is 1. The van der Waals surface area contributed by atoms with E-state index in [9.17, 15) is 4.79 Å². The van der Waals surface area contributed by atoms with Crippen molar-refractivity contribution in [3.05, 3.63) is 51.7 Å². The highest BCUT2D eigenvalue weighted by Crippen LogP contribution is 2.32. The summed E-state index contributed by atoms with van der Waals surface area (Å²) in [5.41, 5.74) is 2.45. The molecule has 1 aromatic heterocycles. The number of Topliss-reactive ketones (excluding diaryl/α,β-unsaturated/α-hetero) is 1. The van der Waals surface area contributed by atoms with Crippen LogP contribution in [0.5, 0.6) is 5.75 Å². The van der Waals surface area contributed by atoms with Crippen molar-refractivity contribution in [2.45, 2.75) is 38.9 Å². The number of thiophene rings is 1. The predicted molar refractivity (Wildman–Crippen MR) is 89.6 cm³/mol. The van der Waals surface area contributed by atoms with Crippen LogP contribution in [0.1, 0.15) is 40.6 Å². The highest BCUT2D eigenvalue weighted by molar-refractivity contribution is 7.12. The molecular weight excluding hydrogens is 294 g/mol. The van der Waals surface area contributed by atoms with Crippen LogP contribution >= 0.6 is 11.3 Å². The summed E-state index contributed by atoms with van der Waals surface area (Å²) < 4.78 is 5.46. The van der Waals surface area contributed by atoms with E-state index in [-0.39, 0.29) is 5.78 Å². The van der Waals surface area contributed by atoms with Gasteiger partial charge in [0, 0.05) is 24.7 Å². The zero-order valence-electron chi connectivity index (χ0n) is 13.0. The molecule has 3 nitrogen and oxygen atoms in total. The first-order chi connectivity index (χ1) is 10.7. The van der Waals surface area contributed by atoms with Crippen molar-refractivity contribution in [3.63, 3.8) is 0 Å². The monoisotopic (exact) mass is 315 g/mol. The molecule has 0 saturated heterocycles. The molecule has 0 amide bonds. The van der Waals surface area contributed by atoms with E-state index in [1.54, 1.807) is 25.4 Å². The second-order valence-electron chi connectivity index (χ2n) is 5.82. The fourth-order valence-electron chi connectivity index (χ4n) is 2.68. The van der Waals surface area contributed by atoms with Crippen molar-refractivity contribution in [3.8, 4) is 5.75 Å². The van der Waals surface area contributed by atoms with Gasteiger partial charge in [0.05, 0.1) is 12.0 Å². The number of carbonyl (C=O) groups excluding carboxylic acids is 1. The molecule has 0 N–H and O–H groups in total. The molecule has 0 aliphatic heterocycles. The molecule has 1 aromatic carbocycles. The van der Waals surface area contributed by atoms with Crippen LogP contribution in [0.2, 0.25) is 0 Å². The molecule has 22 heavy (non-hydrogen) atoms. The standard InChI is InChI=1S/C18H21NO2S/c1-13(20)18-9-14(12-22-18)10-19(16-7-8-16)11-15-5-3-4-6-17(15)21-2/h3-6,9,12,16H,7-8,10-11H2,1-2H3. The van der Waals surface area contributed by atoms with Gasteiger partial charge in [0.25, 0.3) is 0 Å². The summed E-state index contributed by atoms with van der Waals surface area (Å²) >= 11 is 1.54. The zero-order valence-corrected chi connectivity index (χ0v) is 13.9. The third-order valence-electron chi connectivity index (χ3n) is 4.02. The number of ketones is 1. The molecule has 1 aliphatic carbocycles. The summed E-state index contributed by atoms with van der Waals surface area (Å²) in [7, 11) is 1.72. The largest absolute Gasteiger partial charge is 0.496 e. The molecule has 0 unspecified atom stereocenters. The quantitative estimate of drug-likeness (QED) is 0.720. The van der Waals surface area contributed by atoms with Crippen LogP contribution < -0.4 is 4.74 Å². The number of hydrogen-bond acceptors (Lipinski definition) is 4. The predicted octanol–water partition coefficient (Wildman–Crippen LogP) is 4.12. The van der Waals surface area contributed by atoms with E-state index in [0.29, 0.717) is 6.04 Å². The molecule has 4 heteroatoms. The van der Waals surface area contributed by atoms with Crippen LogP contribution in [-0.4, -0.2) is 23.8 Å². The molecule has 0 spiro atoms. The molecule has 116 valence electrons. The SMILES string of the molecule is COc1ccccc1CN(Cc1csc(C(C)=O)c1)C1CC1. The van der Waals surface area contributed by atoms with Gasteiger partial charge < -0.3 is 4.74 Å². The van der Waals surface area contributed by atoms with Gasteiger partial charge in [0.15, 0.2) is 5.78 Å². The van der Waals surface area contributed by atoms with Crippen molar-refractivity contribution < 1.29 is 9.53 Å². The topological polar surface area (TPSA) is 29.5 Å². The molecule has 0 radical (unpaired) electrons. The van der Waals surface area contributed by atoms with Crippen molar-refractivity contribution in [1.82, 2.24) is 4.90 Å². The molecule has 3 rings (SSSR count). The van der Waals surface area contributed by atoms with E-state index in [0.717, 1.165) is 23.7 Å². The summed E-state index contributed by atoms with van der Waals surface area (Å²) in [5, 5.41) is 2.11. The Kier molecular flexibility index (Phi) is 4.60. The number of ether oxygens (including phenoxy) is 1. The van der Waals surface area contributed by atoms with Gasteiger partial charge in [0.1, 0.15) is 5.75 Å². The Hall–Kier alpha value is -1.65. The van der Waals surface area contributed by atoms with Crippen LogP contribution in [-0.2, 0) is 13.1 Å². The Balaban J connectivity index is 1.74. The third-order valence-corrected chi connectivity index (χ3v) is 5.10. The van der Waals surface area contributed by atoms with Crippen LogP contribution in [0.3, 0.4) is 0 Å². The number of benzene rings is 1. The smallest absolute Gasteiger partial charge is 0.169 e. The van der Waals surface area contributed by atoms with Crippen LogP contribution in [0.4, 0.5) is 0 Å². The lowest BCUT2D eigenvalue weighted by Gasteiger charge is -2.22. The van der Waals surface area contributed by atoms with Gasteiger partial charge in [-0.05, 0) is 42.8 Å². The number of methoxy groups -OCH3 is 1. The zero-order chi connectivity index (χ0) is 15.5. The molecule has 1 heterocycles. The van der Waals surface area contributed by atoms with Crippen molar-refractivity contribution in [2.75, 3.05) is 7.11 Å². The maximum atomic E-state index is 11.4.